The second kappa shape index (κ2) is 44.0. The zero-order valence-corrected chi connectivity index (χ0v) is 60.9. The normalized spacial score (nSPS) is 25.4. The minimum Gasteiger partial charge on any atom is -1.00 e. The first-order valence-corrected chi connectivity index (χ1v) is 25.8. The summed E-state index contributed by atoms with van der Waals surface area (Å²) >= 11 is 0. The summed E-state index contributed by atoms with van der Waals surface area (Å²) in [5.41, 5.74) is 1.43. The Balaban J connectivity index is -0.000000133. The van der Waals surface area contributed by atoms with Crippen LogP contribution in [0.4, 0.5) is 0 Å². The average molecular weight is 1680 g/mol. The fourth-order valence-electron chi connectivity index (χ4n) is 10.5. The maximum Gasteiger partial charge on any atom is 3.00 e. The summed E-state index contributed by atoms with van der Waals surface area (Å²) in [5.74, 6) is 13.9. The molecule has 0 aromatic carbocycles. The van der Waals surface area contributed by atoms with Gasteiger partial charge in [-0.25, -0.2) is 9.97 Å². The fraction of sp³-hybridized carbons (Fsp3) is 0.476. The molecule has 3 aliphatic rings. The molecule has 0 aliphatic heterocycles. The Morgan fingerprint density at radius 3 is 0.598 bits per heavy atom. The third kappa shape index (κ3) is 26.4. The third-order valence-corrected chi connectivity index (χ3v) is 17.6. The van der Waals surface area contributed by atoms with Crippen LogP contribution in [0.15, 0.2) is 128 Å². The van der Waals surface area contributed by atoms with Gasteiger partial charge in [-0.05, 0) is 125 Å². The standard InChI is InChI=1S/3C10H8N2O2.3C10H20.3CH3.3Ir.Na.3H2O.H/c3*13-9-5-1-3-7(11-9)8-4-2-6-10(14)12-8;3*1-6-7(2)9(4)10(5)8(6)3;;;;;;;;;;;/h1-6H,(H,11,13)(H,12,14);2*1-6H,(H2,11,12,13,14);3*6-10H,1-5H3;3*1H3;;;;;3*1H2;/q;;;;;;3*-1;;2*+3;+1;;;;-1/p-4. The predicted octanol–water partition coefficient (Wildman–Crippen LogP) is 7.06. The molecular weight excluding hydrogens is 1580 g/mol. The molecule has 6 heterocycles. The van der Waals surface area contributed by atoms with E-state index in [1.807, 2.05) is 0 Å². The maximum atomic E-state index is 10.9. The van der Waals surface area contributed by atoms with Crippen molar-refractivity contribution in [1.29, 1.82) is 0 Å². The molecule has 0 bridgehead atoms. The number of pyridine rings is 6. The fourth-order valence-corrected chi connectivity index (χ4v) is 10.5. The van der Waals surface area contributed by atoms with Gasteiger partial charge in [-0.1, -0.05) is 165 Å². The van der Waals surface area contributed by atoms with E-state index in [-0.39, 0.29) is 164 Å². The van der Waals surface area contributed by atoms with Crippen LogP contribution < -0.4 is 71.7 Å². The van der Waals surface area contributed by atoms with E-state index < -0.39 is 0 Å². The molecule has 82 heavy (non-hydrogen) atoms. The van der Waals surface area contributed by atoms with Crippen molar-refractivity contribution in [3.8, 4) is 45.9 Å². The maximum absolute atomic E-state index is 10.9. The molecule has 9 rings (SSSR count). The summed E-state index contributed by atoms with van der Waals surface area (Å²) in [4.78, 5) is 66.4. The van der Waals surface area contributed by atoms with Gasteiger partial charge in [0.15, 0.2) is 0 Å². The summed E-state index contributed by atoms with van der Waals surface area (Å²) in [6, 6.07) is 28.0. The molecule has 8 N–H and O–H groups in total. The second-order valence-electron chi connectivity index (χ2n) is 21.1. The minimum atomic E-state index is -0.333. The molecule has 0 unspecified atom stereocenters. The van der Waals surface area contributed by atoms with Gasteiger partial charge in [-0.15, -0.1) is 22.8 Å². The molecule has 0 atom stereocenters. The van der Waals surface area contributed by atoms with E-state index >= 15 is 0 Å². The van der Waals surface area contributed by atoms with Crippen molar-refractivity contribution in [2.75, 3.05) is 0 Å². The zero-order chi connectivity index (χ0) is 53.6. The second-order valence-corrected chi connectivity index (χ2v) is 21.1. The van der Waals surface area contributed by atoms with Gasteiger partial charge in [-0.3, -0.25) is 0 Å². The molecular formula is C63H96Ir3N6NaO9-. The summed E-state index contributed by atoms with van der Waals surface area (Å²) < 4.78 is 0. The molecule has 3 aliphatic carbocycles. The Morgan fingerprint density at radius 2 is 0.463 bits per heavy atom. The predicted molar refractivity (Wildman–Crippen MR) is 322 cm³/mol. The van der Waals surface area contributed by atoms with Crippen LogP contribution in [0.3, 0.4) is 0 Å². The number of rotatable bonds is 3. The van der Waals surface area contributed by atoms with Crippen LogP contribution in [0.1, 0.15) is 105 Å². The Hall–Kier alpha value is -3.47. The molecule has 0 saturated heterocycles. The minimum absolute atomic E-state index is 0. The van der Waals surface area contributed by atoms with Crippen LogP contribution in [0.5, 0.6) is 11.8 Å². The van der Waals surface area contributed by atoms with E-state index in [4.69, 9.17) is 10.2 Å². The molecule has 0 amide bonds. The Morgan fingerprint density at radius 1 is 0.317 bits per heavy atom. The van der Waals surface area contributed by atoms with Gasteiger partial charge >= 0.3 is 69.8 Å². The van der Waals surface area contributed by atoms with Crippen molar-refractivity contribution in [2.45, 2.75) is 104 Å². The van der Waals surface area contributed by atoms with Gasteiger partial charge in [0.1, 0.15) is 0 Å². The van der Waals surface area contributed by atoms with Gasteiger partial charge < -0.3 is 89.5 Å². The molecule has 1 radical (unpaired) electrons. The van der Waals surface area contributed by atoms with Crippen molar-refractivity contribution >= 4 is 0 Å². The van der Waals surface area contributed by atoms with E-state index in [2.05, 4.69) is 134 Å². The quantitative estimate of drug-likeness (QED) is 0.133. The SMILES string of the molecule is CC1C(C)C(C)C(C)C1C.CC1C(C)C(C)C(C)C1C.CC1C(C)C(C)C(C)C1C.O.O.O.O=c1cccc(-c2cccc(=O)[n-]2)[n-]1.O=c1cccc(-c2cccc(=O)[n-]2)[n-]1.Oc1cccc(-c2cccc(O)n2)n1.[CH3-].[CH3-].[CH3-].[H-].[Ir+3].[Ir+3].[Ir].[Na+]. The van der Waals surface area contributed by atoms with Crippen molar-refractivity contribution in [1.82, 2.24) is 29.9 Å². The number of aromatic nitrogens is 6. The molecule has 0 spiro atoms. The Kier molecular flexibility index (Phi) is 49.6. The van der Waals surface area contributed by atoms with E-state index in [0.29, 0.717) is 34.2 Å². The zero-order valence-electron chi connectivity index (χ0n) is 52.8. The van der Waals surface area contributed by atoms with Gasteiger partial charge in [0, 0.05) is 32.2 Å². The first kappa shape index (κ1) is 92.3. The molecule has 6 aromatic rings. The first-order chi connectivity index (χ1) is 33.9. The van der Waals surface area contributed by atoms with Crippen LogP contribution >= 0.6 is 0 Å². The van der Waals surface area contributed by atoms with Crippen molar-refractivity contribution in [3.05, 3.63) is 173 Å². The molecule has 15 nitrogen and oxygen atoms in total. The summed E-state index contributed by atoms with van der Waals surface area (Å²) in [6.07, 6.45) is 0. The van der Waals surface area contributed by atoms with Gasteiger partial charge in [0.05, 0.1) is 33.6 Å². The first-order valence-electron chi connectivity index (χ1n) is 25.8. The van der Waals surface area contributed by atoms with Crippen molar-refractivity contribution in [2.24, 2.45) is 88.8 Å². The number of hydrogen-bond acceptors (Lipinski definition) is 8. The van der Waals surface area contributed by atoms with Crippen LogP contribution in [-0.4, -0.2) is 36.6 Å². The Bertz CT molecular complexity index is 2420. The third-order valence-electron chi connectivity index (χ3n) is 17.6. The van der Waals surface area contributed by atoms with Crippen LogP contribution in [0.2, 0.25) is 0 Å². The molecule has 19 heteroatoms. The molecule has 3 saturated carbocycles. The molecule has 3 fully saturated rings. The smallest absolute Gasteiger partial charge is 1.00 e. The van der Waals surface area contributed by atoms with Crippen molar-refractivity contribution in [3.63, 3.8) is 0 Å². The van der Waals surface area contributed by atoms with E-state index in [1.165, 1.54) is 36.4 Å². The summed E-state index contributed by atoms with van der Waals surface area (Å²) in [7, 11) is 0. The summed E-state index contributed by atoms with van der Waals surface area (Å²) in [5, 5.41) is 18.3. The van der Waals surface area contributed by atoms with Crippen molar-refractivity contribution < 1.29 is 118 Å². The number of nitrogens with zero attached hydrogens (tertiary/aromatic N) is 6. The monoisotopic (exact) mass is 1680 g/mol. The van der Waals surface area contributed by atoms with Crippen LogP contribution in [0.25, 0.3) is 34.2 Å². The van der Waals surface area contributed by atoms with E-state index in [1.54, 1.807) is 72.8 Å². The molecule has 461 valence electrons. The number of hydrogen-bond donors (Lipinski definition) is 2. The van der Waals surface area contributed by atoms with Gasteiger partial charge in [0.25, 0.3) is 0 Å². The van der Waals surface area contributed by atoms with Crippen LogP contribution in [-0.2, 0) is 60.3 Å². The largest absolute Gasteiger partial charge is 3.00 e. The average Bonchev–Trinajstić information content (AvgIpc) is 3.73. The van der Waals surface area contributed by atoms with Gasteiger partial charge in [-0.2, -0.15) is 0 Å². The van der Waals surface area contributed by atoms with Crippen LogP contribution in [0, 0.1) is 111 Å². The van der Waals surface area contributed by atoms with E-state index in [9.17, 15) is 19.2 Å². The topological polar surface area (TPSA) is 285 Å². The molecule has 6 aromatic heterocycles. The Labute approximate surface area is 554 Å². The summed E-state index contributed by atoms with van der Waals surface area (Å²) in [6.45, 7) is 36.0. The van der Waals surface area contributed by atoms with E-state index in [0.717, 1.165) is 88.8 Å². The number of aromatic hydroxyl groups is 2. The van der Waals surface area contributed by atoms with Gasteiger partial charge in [0.2, 0.25) is 11.8 Å².